The number of hydrogen-bond donors (Lipinski definition) is 2. The van der Waals surface area contributed by atoms with Crippen LogP contribution in [0.4, 0.5) is 14.5 Å². The van der Waals surface area contributed by atoms with Crippen LogP contribution in [0, 0.1) is 17.6 Å². The molecule has 0 spiro atoms. The lowest BCUT2D eigenvalue weighted by molar-refractivity contribution is -0.921. The summed E-state index contributed by atoms with van der Waals surface area (Å²) >= 11 is 0. The van der Waals surface area contributed by atoms with Gasteiger partial charge in [-0.3, -0.25) is 9.59 Å². The molecular formula is C17H23F2N2O3+. The van der Waals surface area contributed by atoms with Gasteiger partial charge in [0.15, 0.2) is 6.04 Å². The molecule has 1 heterocycles. The highest BCUT2D eigenvalue weighted by Gasteiger charge is 2.35. The Kier molecular flexibility index (Phi) is 6.25. The smallest absolute Gasteiger partial charge is 0.314 e. The summed E-state index contributed by atoms with van der Waals surface area (Å²) in [6.07, 6.45) is 1.57. The third kappa shape index (κ3) is 4.50. The molecule has 1 amide bonds. The third-order valence-corrected chi connectivity index (χ3v) is 4.37. The molecule has 1 fully saturated rings. The second-order valence-corrected chi connectivity index (χ2v) is 6.04. The van der Waals surface area contributed by atoms with E-state index in [0.717, 1.165) is 36.4 Å². The van der Waals surface area contributed by atoms with E-state index in [2.05, 4.69) is 5.32 Å². The first-order chi connectivity index (χ1) is 11.4. The largest absolute Gasteiger partial charge is 0.466 e. The normalized spacial score (nSPS) is 21.8. The summed E-state index contributed by atoms with van der Waals surface area (Å²) in [7, 11) is 0. The molecule has 1 unspecified atom stereocenters. The molecule has 0 radical (unpaired) electrons. The van der Waals surface area contributed by atoms with Crippen LogP contribution in [0.2, 0.25) is 0 Å². The topological polar surface area (TPSA) is 59.8 Å². The number of anilines is 1. The van der Waals surface area contributed by atoms with E-state index in [4.69, 9.17) is 4.74 Å². The second-order valence-electron chi connectivity index (χ2n) is 6.04. The third-order valence-electron chi connectivity index (χ3n) is 4.37. The Balaban J connectivity index is 1.98. The monoisotopic (exact) mass is 341 g/mol. The van der Waals surface area contributed by atoms with Gasteiger partial charge < -0.3 is 15.0 Å². The van der Waals surface area contributed by atoms with E-state index in [9.17, 15) is 18.4 Å². The number of carbonyl (C=O) groups excluding carboxylic acids is 2. The predicted octanol–water partition coefficient (Wildman–Crippen LogP) is 1.15. The van der Waals surface area contributed by atoms with Crippen molar-refractivity contribution >= 4 is 17.6 Å². The number of nitrogens with one attached hydrogen (secondary N) is 2. The number of halogens is 2. The standard InChI is InChI=1S/C17H22F2N2O3/c1-3-24-17(23)12-5-4-8-21(10-12)11(2)16(22)20-15-7-6-13(18)9-14(15)19/h6-7,9,11-12H,3-5,8,10H2,1-2H3,(H,20,22)/p+1/t11-,12+/m0/s1. The first-order valence-corrected chi connectivity index (χ1v) is 8.19. The summed E-state index contributed by atoms with van der Waals surface area (Å²) in [5.41, 5.74) is -0.0494. The Morgan fingerprint density at radius 2 is 2.17 bits per heavy atom. The highest BCUT2D eigenvalue weighted by Crippen LogP contribution is 2.15. The number of benzene rings is 1. The van der Waals surface area contributed by atoms with Crippen molar-refractivity contribution in [2.24, 2.45) is 5.92 Å². The summed E-state index contributed by atoms with van der Waals surface area (Å²) in [6.45, 7) is 5.11. The Morgan fingerprint density at radius 1 is 1.42 bits per heavy atom. The van der Waals surface area contributed by atoms with Gasteiger partial charge in [-0.2, -0.15) is 0 Å². The van der Waals surface area contributed by atoms with Crippen LogP contribution in [0.1, 0.15) is 26.7 Å². The van der Waals surface area contributed by atoms with Crippen molar-refractivity contribution < 1.29 is 28.0 Å². The van der Waals surface area contributed by atoms with Gasteiger partial charge in [-0.25, -0.2) is 8.78 Å². The van der Waals surface area contributed by atoms with Crippen LogP contribution in [0.5, 0.6) is 0 Å². The van der Waals surface area contributed by atoms with Crippen LogP contribution in [0.3, 0.4) is 0 Å². The predicted molar refractivity (Wildman–Crippen MR) is 84.5 cm³/mol. The highest BCUT2D eigenvalue weighted by molar-refractivity contribution is 5.93. The Bertz CT molecular complexity index is 609. The van der Waals surface area contributed by atoms with Gasteiger partial charge in [-0.15, -0.1) is 0 Å². The minimum Gasteiger partial charge on any atom is -0.466 e. The van der Waals surface area contributed by atoms with Crippen LogP contribution in [0.25, 0.3) is 0 Å². The van der Waals surface area contributed by atoms with Crippen molar-refractivity contribution in [3.05, 3.63) is 29.8 Å². The Labute approximate surface area is 140 Å². The van der Waals surface area contributed by atoms with E-state index in [1.165, 1.54) is 6.07 Å². The molecular weight excluding hydrogens is 318 g/mol. The number of hydrogen-bond acceptors (Lipinski definition) is 3. The van der Waals surface area contributed by atoms with E-state index in [1.807, 2.05) is 0 Å². The van der Waals surface area contributed by atoms with Crippen molar-refractivity contribution in [2.45, 2.75) is 32.7 Å². The summed E-state index contributed by atoms with van der Waals surface area (Å²) in [5, 5.41) is 2.49. The zero-order valence-electron chi connectivity index (χ0n) is 13.9. The van der Waals surface area contributed by atoms with Crippen molar-refractivity contribution in [3.63, 3.8) is 0 Å². The molecule has 3 atom stereocenters. The van der Waals surface area contributed by atoms with E-state index < -0.39 is 17.7 Å². The average molecular weight is 341 g/mol. The van der Waals surface area contributed by atoms with Gasteiger partial charge in [0.2, 0.25) is 0 Å². The number of quaternary nitrogens is 1. The maximum Gasteiger partial charge on any atom is 0.314 e. The number of amides is 1. The number of ether oxygens (including phenoxy) is 1. The number of rotatable bonds is 5. The molecule has 0 aromatic heterocycles. The molecule has 0 aliphatic carbocycles. The van der Waals surface area contributed by atoms with Crippen LogP contribution < -0.4 is 10.2 Å². The molecule has 1 aromatic rings. The van der Waals surface area contributed by atoms with Gasteiger partial charge >= 0.3 is 5.97 Å². The molecule has 1 aliphatic rings. The molecule has 0 saturated carbocycles. The average Bonchev–Trinajstić information content (AvgIpc) is 2.57. The maximum absolute atomic E-state index is 13.6. The molecule has 1 aliphatic heterocycles. The quantitative estimate of drug-likeness (QED) is 0.790. The fraction of sp³-hybridized carbons (Fsp3) is 0.529. The van der Waals surface area contributed by atoms with Gasteiger partial charge in [0, 0.05) is 6.07 Å². The van der Waals surface area contributed by atoms with Crippen molar-refractivity contribution in [2.75, 3.05) is 25.0 Å². The fourth-order valence-electron chi connectivity index (χ4n) is 2.97. The summed E-state index contributed by atoms with van der Waals surface area (Å²) in [4.78, 5) is 25.2. The zero-order valence-corrected chi connectivity index (χ0v) is 13.9. The van der Waals surface area contributed by atoms with Gasteiger partial charge in [0.25, 0.3) is 5.91 Å². The van der Waals surface area contributed by atoms with E-state index in [1.54, 1.807) is 13.8 Å². The Hall–Kier alpha value is -2.02. The molecule has 2 rings (SSSR count). The lowest BCUT2D eigenvalue weighted by Gasteiger charge is -2.32. The van der Waals surface area contributed by atoms with Crippen molar-refractivity contribution in [3.8, 4) is 0 Å². The first kappa shape index (κ1) is 18.3. The minimum absolute atomic E-state index is 0.0494. The maximum atomic E-state index is 13.6. The fourth-order valence-corrected chi connectivity index (χ4v) is 2.97. The van der Waals surface area contributed by atoms with Gasteiger partial charge in [0.1, 0.15) is 17.6 Å². The number of piperidine rings is 1. The molecule has 0 bridgehead atoms. The van der Waals surface area contributed by atoms with Gasteiger partial charge in [0.05, 0.1) is 25.4 Å². The lowest BCUT2D eigenvalue weighted by Crippen LogP contribution is -3.18. The number of likely N-dealkylation sites (tertiary alicyclic amines) is 1. The molecule has 1 aromatic carbocycles. The van der Waals surface area contributed by atoms with Gasteiger partial charge in [-0.1, -0.05) is 0 Å². The van der Waals surface area contributed by atoms with Crippen LogP contribution in [0.15, 0.2) is 18.2 Å². The van der Waals surface area contributed by atoms with Crippen molar-refractivity contribution in [1.29, 1.82) is 0 Å². The van der Waals surface area contributed by atoms with Gasteiger partial charge in [-0.05, 0) is 38.8 Å². The van der Waals surface area contributed by atoms with E-state index >= 15 is 0 Å². The second kappa shape index (κ2) is 8.19. The number of esters is 1. The molecule has 5 nitrogen and oxygen atoms in total. The molecule has 24 heavy (non-hydrogen) atoms. The number of carbonyl (C=O) groups is 2. The highest BCUT2D eigenvalue weighted by atomic mass is 19.1. The Morgan fingerprint density at radius 3 is 2.83 bits per heavy atom. The van der Waals surface area contributed by atoms with E-state index in [-0.39, 0.29) is 23.5 Å². The SMILES string of the molecule is CCOC(=O)[C@@H]1CCC[NH+]([C@@H](C)C(=O)Nc2ccc(F)cc2F)C1. The van der Waals surface area contributed by atoms with Crippen molar-refractivity contribution in [1.82, 2.24) is 0 Å². The zero-order chi connectivity index (χ0) is 17.7. The molecule has 1 saturated heterocycles. The first-order valence-electron chi connectivity index (χ1n) is 8.19. The summed E-state index contributed by atoms with van der Waals surface area (Å²) in [6, 6.07) is 2.56. The molecule has 7 heteroatoms. The molecule has 2 N–H and O–H groups in total. The summed E-state index contributed by atoms with van der Waals surface area (Å²) < 4.78 is 31.6. The summed E-state index contributed by atoms with van der Waals surface area (Å²) in [5.74, 6) is -2.32. The minimum atomic E-state index is -0.811. The lowest BCUT2D eigenvalue weighted by atomic mass is 9.97. The molecule has 132 valence electrons. The van der Waals surface area contributed by atoms with E-state index in [0.29, 0.717) is 13.2 Å². The van der Waals surface area contributed by atoms with Crippen LogP contribution >= 0.6 is 0 Å². The van der Waals surface area contributed by atoms with Crippen LogP contribution in [-0.2, 0) is 14.3 Å². The van der Waals surface area contributed by atoms with Crippen LogP contribution in [-0.4, -0.2) is 37.6 Å².